The lowest BCUT2D eigenvalue weighted by Gasteiger charge is -2.25. The number of phenolic OH excluding ortho intramolecular Hbond substituents is 1. The molecule has 1 aromatic heterocycles. The number of nitrogens with zero attached hydrogens (tertiary/aromatic N) is 3. The van der Waals surface area contributed by atoms with Gasteiger partial charge in [0.15, 0.2) is 0 Å². The number of aromatic hydroxyl groups is 1. The standard InChI is InChI=1S/C21H24ClN3O3/c1-11(2)18(20(27)28)12-8-14(21(3,4)5)19(26)17(9-12)25-23-15-7-6-13(22)10-16(15)24-25/h6-11,18,26H,1-5H3,(H,27,28). The summed E-state index contributed by atoms with van der Waals surface area (Å²) in [4.78, 5) is 13.2. The fraction of sp³-hybridized carbons (Fsp3) is 0.381. The molecule has 2 aromatic carbocycles. The minimum Gasteiger partial charge on any atom is -0.505 e. The highest BCUT2D eigenvalue weighted by Crippen LogP contribution is 2.39. The molecule has 0 amide bonds. The predicted octanol–water partition coefficient (Wildman–Crippen LogP) is 4.90. The molecular formula is C21H24ClN3O3. The average molecular weight is 402 g/mol. The molecule has 0 bridgehead atoms. The maximum absolute atomic E-state index is 11.9. The maximum Gasteiger partial charge on any atom is 0.311 e. The van der Waals surface area contributed by atoms with Gasteiger partial charge in [-0.05, 0) is 41.2 Å². The molecule has 3 rings (SSSR count). The first-order chi connectivity index (χ1) is 13.0. The Morgan fingerprint density at radius 2 is 1.75 bits per heavy atom. The smallest absolute Gasteiger partial charge is 0.311 e. The van der Waals surface area contributed by atoms with Crippen molar-refractivity contribution in [3.8, 4) is 11.4 Å². The average Bonchev–Trinajstić information content (AvgIpc) is 2.97. The van der Waals surface area contributed by atoms with Gasteiger partial charge in [0.05, 0.1) is 5.92 Å². The molecule has 0 saturated carbocycles. The number of carbonyl (C=O) groups is 1. The highest BCUT2D eigenvalue weighted by Gasteiger charge is 2.29. The molecule has 6 nitrogen and oxygen atoms in total. The molecule has 7 heteroatoms. The molecule has 3 aromatic rings. The molecular weight excluding hydrogens is 378 g/mol. The largest absolute Gasteiger partial charge is 0.505 e. The van der Waals surface area contributed by atoms with E-state index < -0.39 is 17.3 Å². The Bertz CT molecular complexity index is 1050. The number of aromatic nitrogens is 3. The Morgan fingerprint density at radius 3 is 2.32 bits per heavy atom. The fourth-order valence-electron chi connectivity index (χ4n) is 3.35. The van der Waals surface area contributed by atoms with Crippen LogP contribution in [0.1, 0.15) is 51.7 Å². The quantitative estimate of drug-likeness (QED) is 0.649. The van der Waals surface area contributed by atoms with Crippen molar-refractivity contribution in [3.05, 3.63) is 46.5 Å². The second-order valence-corrected chi connectivity index (χ2v) is 8.81. The molecule has 1 atom stereocenters. The van der Waals surface area contributed by atoms with E-state index in [0.717, 1.165) is 0 Å². The number of carboxylic acid groups (broad SMARTS) is 1. The van der Waals surface area contributed by atoms with Crippen LogP contribution in [-0.4, -0.2) is 31.2 Å². The number of hydrogen-bond acceptors (Lipinski definition) is 4. The minimum atomic E-state index is -0.906. The van der Waals surface area contributed by atoms with Gasteiger partial charge in [0, 0.05) is 10.6 Å². The van der Waals surface area contributed by atoms with Gasteiger partial charge in [-0.3, -0.25) is 4.79 Å². The third-order valence-corrected chi connectivity index (χ3v) is 5.00. The van der Waals surface area contributed by atoms with Crippen molar-refractivity contribution >= 4 is 28.6 Å². The number of hydrogen-bond donors (Lipinski definition) is 2. The fourth-order valence-corrected chi connectivity index (χ4v) is 3.52. The van der Waals surface area contributed by atoms with Crippen LogP contribution in [0.15, 0.2) is 30.3 Å². The van der Waals surface area contributed by atoms with Gasteiger partial charge in [-0.25, -0.2) is 0 Å². The summed E-state index contributed by atoms with van der Waals surface area (Å²) >= 11 is 6.04. The summed E-state index contributed by atoms with van der Waals surface area (Å²) in [6.45, 7) is 9.63. The summed E-state index contributed by atoms with van der Waals surface area (Å²) in [7, 11) is 0. The number of benzene rings is 2. The Labute approximate surface area is 168 Å². The van der Waals surface area contributed by atoms with Crippen LogP contribution in [0.4, 0.5) is 0 Å². The van der Waals surface area contributed by atoms with Gasteiger partial charge in [-0.2, -0.15) is 0 Å². The maximum atomic E-state index is 11.9. The van der Waals surface area contributed by atoms with E-state index in [1.807, 2.05) is 34.6 Å². The second kappa shape index (κ2) is 7.09. The summed E-state index contributed by atoms with van der Waals surface area (Å²) < 4.78 is 0. The Hall–Kier alpha value is -2.60. The Balaban J connectivity index is 2.29. The second-order valence-electron chi connectivity index (χ2n) is 8.37. The highest BCUT2D eigenvalue weighted by molar-refractivity contribution is 6.31. The molecule has 0 spiro atoms. The number of phenols is 1. The van der Waals surface area contributed by atoms with Gasteiger partial charge in [0.25, 0.3) is 0 Å². The van der Waals surface area contributed by atoms with Crippen molar-refractivity contribution in [3.63, 3.8) is 0 Å². The first kappa shape index (κ1) is 20.1. The third kappa shape index (κ3) is 3.69. The molecule has 148 valence electrons. The van der Waals surface area contributed by atoms with Crippen molar-refractivity contribution < 1.29 is 15.0 Å². The van der Waals surface area contributed by atoms with Gasteiger partial charge < -0.3 is 10.2 Å². The van der Waals surface area contributed by atoms with Gasteiger partial charge >= 0.3 is 5.97 Å². The van der Waals surface area contributed by atoms with Gasteiger partial charge in [-0.15, -0.1) is 15.0 Å². The van der Waals surface area contributed by atoms with E-state index in [1.54, 1.807) is 30.3 Å². The van der Waals surface area contributed by atoms with Gasteiger partial charge in [0.1, 0.15) is 22.5 Å². The number of halogens is 1. The lowest BCUT2D eigenvalue weighted by Crippen LogP contribution is -2.20. The van der Waals surface area contributed by atoms with Gasteiger partial charge in [0.2, 0.25) is 0 Å². The van der Waals surface area contributed by atoms with E-state index in [-0.39, 0.29) is 11.7 Å². The summed E-state index contributed by atoms with van der Waals surface area (Å²) in [6, 6.07) is 8.60. The number of rotatable bonds is 4. The summed E-state index contributed by atoms with van der Waals surface area (Å²) in [5.74, 6) is -1.70. The van der Waals surface area contributed by atoms with E-state index in [4.69, 9.17) is 11.6 Å². The molecule has 1 unspecified atom stereocenters. The van der Waals surface area contributed by atoms with Crippen LogP contribution in [0, 0.1) is 5.92 Å². The summed E-state index contributed by atoms with van der Waals surface area (Å²) in [6.07, 6.45) is 0. The van der Waals surface area contributed by atoms with E-state index >= 15 is 0 Å². The monoisotopic (exact) mass is 401 g/mol. The van der Waals surface area contributed by atoms with Crippen LogP contribution in [0.25, 0.3) is 16.7 Å². The Morgan fingerprint density at radius 1 is 1.11 bits per heavy atom. The number of aliphatic carboxylic acids is 1. The van der Waals surface area contributed by atoms with E-state index in [1.165, 1.54) is 4.80 Å². The first-order valence-electron chi connectivity index (χ1n) is 9.12. The van der Waals surface area contributed by atoms with Crippen LogP contribution >= 0.6 is 11.6 Å². The molecule has 0 aliphatic rings. The third-order valence-electron chi connectivity index (χ3n) is 4.77. The van der Waals surface area contributed by atoms with Crippen molar-refractivity contribution in [1.82, 2.24) is 15.0 Å². The molecule has 1 heterocycles. The molecule has 0 radical (unpaired) electrons. The number of fused-ring (bicyclic) bond motifs is 1. The molecule has 0 saturated heterocycles. The zero-order valence-electron chi connectivity index (χ0n) is 16.6. The molecule has 2 N–H and O–H groups in total. The van der Waals surface area contributed by atoms with Crippen molar-refractivity contribution in [2.24, 2.45) is 5.92 Å². The van der Waals surface area contributed by atoms with Crippen LogP contribution in [0.3, 0.4) is 0 Å². The minimum absolute atomic E-state index is 0.0375. The predicted molar refractivity (Wildman–Crippen MR) is 109 cm³/mol. The molecule has 28 heavy (non-hydrogen) atoms. The summed E-state index contributed by atoms with van der Waals surface area (Å²) in [5, 5.41) is 30.1. The van der Waals surface area contributed by atoms with Crippen molar-refractivity contribution in [1.29, 1.82) is 0 Å². The van der Waals surface area contributed by atoms with Crippen molar-refractivity contribution in [2.45, 2.75) is 46.0 Å². The van der Waals surface area contributed by atoms with Crippen LogP contribution in [0.2, 0.25) is 5.02 Å². The topological polar surface area (TPSA) is 88.2 Å². The van der Waals surface area contributed by atoms with E-state index in [2.05, 4.69) is 10.2 Å². The van der Waals surface area contributed by atoms with Crippen LogP contribution in [0.5, 0.6) is 5.75 Å². The summed E-state index contributed by atoms with van der Waals surface area (Å²) in [5.41, 5.74) is 2.43. The lowest BCUT2D eigenvalue weighted by atomic mass is 9.81. The lowest BCUT2D eigenvalue weighted by molar-refractivity contribution is -0.139. The van der Waals surface area contributed by atoms with Gasteiger partial charge in [-0.1, -0.05) is 52.3 Å². The first-order valence-corrected chi connectivity index (χ1v) is 9.50. The SMILES string of the molecule is CC(C)C(C(=O)O)c1cc(-n2nc3ccc(Cl)cc3n2)c(O)c(C(C)(C)C)c1. The zero-order valence-corrected chi connectivity index (χ0v) is 17.3. The number of carboxylic acids is 1. The van der Waals surface area contributed by atoms with Crippen LogP contribution in [-0.2, 0) is 10.2 Å². The van der Waals surface area contributed by atoms with E-state index in [9.17, 15) is 15.0 Å². The zero-order chi connectivity index (χ0) is 20.8. The highest BCUT2D eigenvalue weighted by atomic mass is 35.5. The molecule has 0 aliphatic carbocycles. The van der Waals surface area contributed by atoms with E-state index in [0.29, 0.717) is 32.9 Å². The Kier molecular flexibility index (Phi) is 5.10. The molecule has 0 aliphatic heterocycles. The van der Waals surface area contributed by atoms with Crippen molar-refractivity contribution in [2.75, 3.05) is 0 Å². The molecule has 0 fully saturated rings. The van der Waals surface area contributed by atoms with Crippen LogP contribution < -0.4 is 0 Å². The normalized spacial score (nSPS) is 13.2.